The van der Waals surface area contributed by atoms with Crippen LogP contribution >= 0.6 is 0 Å². The number of carbonyl (C=O) groups is 1. The summed E-state index contributed by atoms with van der Waals surface area (Å²) in [6.07, 6.45) is 0.780. The van der Waals surface area contributed by atoms with E-state index in [9.17, 15) is 4.79 Å². The minimum Gasteiger partial charge on any atom is -0.361 e. The first-order chi connectivity index (χ1) is 11.5. The Hall–Kier alpha value is -3.03. The van der Waals surface area contributed by atoms with Gasteiger partial charge in [-0.1, -0.05) is 5.16 Å². The van der Waals surface area contributed by atoms with Crippen molar-refractivity contribution < 1.29 is 9.32 Å². The second kappa shape index (κ2) is 6.61. The molecular formula is C16H18N6O2. The van der Waals surface area contributed by atoms with Gasteiger partial charge in [-0.25, -0.2) is 0 Å². The smallest absolute Gasteiger partial charge is 0.225 e. The van der Waals surface area contributed by atoms with Crippen LogP contribution in [0.2, 0.25) is 0 Å². The Morgan fingerprint density at radius 2 is 1.96 bits per heavy atom. The van der Waals surface area contributed by atoms with Gasteiger partial charge in [-0.3, -0.25) is 4.79 Å². The van der Waals surface area contributed by atoms with Gasteiger partial charge in [0.25, 0.3) is 0 Å². The van der Waals surface area contributed by atoms with Crippen LogP contribution in [0.15, 0.2) is 28.8 Å². The van der Waals surface area contributed by atoms with Crippen LogP contribution in [0, 0.1) is 20.8 Å². The van der Waals surface area contributed by atoms with Gasteiger partial charge in [0.05, 0.1) is 17.1 Å². The largest absolute Gasteiger partial charge is 0.361 e. The van der Waals surface area contributed by atoms with Crippen LogP contribution in [0.5, 0.6) is 0 Å². The molecule has 0 unspecified atom stereocenters. The van der Waals surface area contributed by atoms with Crippen LogP contribution < -0.4 is 5.32 Å². The number of aryl methyl sites for hydroxylation is 4. The molecule has 0 aliphatic heterocycles. The molecule has 8 nitrogen and oxygen atoms in total. The second-order valence-corrected chi connectivity index (χ2v) is 5.60. The summed E-state index contributed by atoms with van der Waals surface area (Å²) in [4.78, 5) is 12.2. The minimum absolute atomic E-state index is 0.134. The van der Waals surface area contributed by atoms with Crippen LogP contribution in [0.25, 0.3) is 5.82 Å². The number of amides is 1. The van der Waals surface area contributed by atoms with Crippen LogP contribution in [0.4, 0.5) is 5.82 Å². The highest BCUT2D eigenvalue weighted by atomic mass is 16.5. The summed E-state index contributed by atoms with van der Waals surface area (Å²) in [7, 11) is 0. The molecule has 3 rings (SSSR count). The SMILES string of the molecule is Cc1ccc(-n2nc(C)cc2NC(=O)CCc2cc(C)no2)nn1. The number of hydrogen-bond acceptors (Lipinski definition) is 6. The van der Waals surface area contributed by atoms with E-state index in [0.29, 0.717) is 30.2 Å². The average Bonchev–Trinajstić information content (AvgIpc) is 3.12. The molecule has 0 fully saturated rings. The Morgan fingerprint density at radius 3 is 2.62 bits per heavy atom. The van der Waals surface area contributed by atoms with E-state index in [0.717, 1.165) is 17.1 Å². The first kappa shape index (κ1) is 15.9. The number of rotatable bonds is 5. The maximum absolute atomic E-state index is 12.2. The summed E-state index contributed by atoms with van der Waals surface area (Å²) < 4.78 is 6.68. The van der Waals surface area contributed by atoms with Crippen molar-refractivity contribution in [3.8, 4) is 5.82 Å². The van der Waals surface area contributed by atoms with Gasteiger partial charge in [0.1, 0.15) is 11.6 Å². The number of nitrogens with one attached hydrogen (secondary N) is 1. The fraction of sp³-hybridized carbons (Fsp3) is 0.312. The zero-order chi connectivity index (χ0) is 17.1. The highest BCUT2D eigenvalue weighted by molar-refractivity contribution is 5.90. The van der Waals surface area contributed by atoms with Crippen LogP contribution in [0.3, 0.4) is 0 Å². The third-order valence-corrected chi connectivity index (χ3v) is 3.38. The van der Waals surface area contributed by atoms with Crippen molar-refractivity contribution in [1.82, 2.24) is 25.1 Å². The normalized spacial score (nSPS) is 10.8. The van der Waals surface area contributed by atoms with Crippen LogP contribution in [0.1, 0.15) is 29.3 Å². The molecule has 0 aliphatic carbocycles. The van der Waals surface area contributed by atoms with E-state index in [1.165, 1.54) is 0 Å². The van der Waals surface area contributed by atoms with Crippen molar-refractivity contribution in [3.05, 3.63) is 47.1 Å². The third-order valence-electron chi connectivity index (χ3n) is 3.38. The number of nitrogens with zero attached hydrogens (tertiary/aromatic N) is 5. The lowest BCUT2D eigenvalue weighted by molar-refractivity contribution is -0.116. The van der Waals surface area contributed by atoms with E-state index in [1.54, 1.807) is 10.7 Å². The molecule has 0 atom stereocenters. The van der Waals surface area contributed by atoms with Gasteiger partial charge in [-0.15, -0.1) is 5.10 Å². The maximum atomic E-state index is 12.2. The minimum atomic E-state index is -0.134. The first-order valence-corrected chi connectivity index (χ1v) is 7.60. The lowest BCUT2D eigenvalue weighted by atomic mass is 10.2. The van der Waals surface area contributed by atoms with Gasteiger partial charge in [-0.2, -0.15) is 14.9 Å². The molecule has 124 valence electrons. The predicted octanol–water partition coefficient (Wildman–Crippen LogP) is 2.15. The van der Waals surface area contributed by atoms with Gasteiger partial charge in [-0.05, 0) is 32.9 Å². The lowest BCUT2D eigenvalue weighted by Crippen LogP contribution is -2.16. The van der Waals surface area contributed by atoms with Gasteiger partial charge in [0.2, 0.25) is 5.91 Å². The van der Waals surface area contributed by atoms with Crippen LogP contribution in [-0.2, 0) is 11.2 Å². The van der Waals surface area contributed by atoms with Crippen molar-refractivity contribution in [2.75, 3.05) is 5.32 Å². The van der Waals surface area contributed by atoms with Crippen LogP contribution in [-0.4, -0.2) is 31.0 Å². The van der Waals surface area contributed by atoms with Gasteiger partial charge < -0.3 is 9.84 Å². The molecule has 0 bridgehead atoms. The van der Waals surface area contributed by atoms with Crippen molar-refractivity contribution >= 4 is 11.7 Å². The number of hydrogen-bond donors (Lipinski definition) is 1. The molecule has 24 heavy (non-hydrogen) atoms. The lowest BCUT2D eigenvalue weighted by Gasteiger charge is -2.07. The van der Waals surface area contributed by atoms with Crippen molar-refractivity contribution in [1.29, 1.82) is 0 Å². The number of anilines is 1. The van der Waals surface area contributed by atoms with E-state index < -0.39 is 0 Å². The molecule has 3 aromatic rings. The Labute approximate surface area is 138 Å². The maximum Gasteiger partial charge on any atom is 0.225 e. The summed E-state index contributed by atoms with van der Waals surface area (Å²) in [5.74, 6) is 1.67. The Balaban J connectivity index is 1.70. The Bertz CT molecular complexity index is 850. The Morgan fingerprint density at radius 1 is 1.12 bits per heavy atom. The summed E-state index contributed by atoms with van der Waals surface area (Å²) in [5, 5.41) is 19.1. The van der Waals surface area contributed by atoms with Crippen molar-refractivity contribution in [3.63, 3.8) is 0 Å². The molecule has 0 radical (unpaired) electrons. The summed E-state index contributed by atoms with van der Waals surface area (Å²) in [6, 6.07) is 7.26. The van der Waals surface area contributed by atoms with E-state index in [2.05, 4.69) is 25.8 Å². The highest BCUT2D eigenvalue weighted by Crippen LogP contribution is 2.16. The van der Waals surface area contributed by atoms with Gasteiger partial charge >= 0.3 is 0 Å². The zero-order valence-corrected chi connectivity index (χ0v) is 13.8. The monoisotopic (exact) mass is 326 g/mol. The summed E-state index contributed by atoms with van der Waals surface area (Å²) in [6.45, 7) is 5.56. The number of carbonyl (C=O) groups excluding carboxylic acids is 1. The fourth-order valence-corrected chi connectivity index (χ4v) is 2.24. The molecule has 3 aromatic heterocycles. The molecular weight excluding hydrogens is 308 g/mol. The van der Waals surface area contributed by atoms with E-state index in [1.807, 2.05) is 39.0 Å². The predicted molar refractivity (Wildman–Crippen MR) is 86.8 cm³/mol. The molecule has 0 saturated carbocycles. The molecule has 0 aromatic carbocycles. The third kappa shape index (κ3) is 3.65. The van der Waals surface area contributed by atoms with E-state index in [-0.39, 0.29) is 5.91 Å². The molecule has 0 saturated heterocycles. The van der Waals surface area contributed by atoms with Gasteiger partial charge in [0.15, 0.2) is 5.82 Å². The molecule has 1 amide bonds. The quantitative estimate of drug-likeness (QED) is 0.771. The van der Waals surface area contributed by atoms with Crippen molar-refractivity contribution in [2.24, 2.45) is 0 Å². The fourth-order valence-electron chi connectivity index (χ4n) is 2.24. The Kier molecular flexibility index (Phi) is 4.37. The standard InChI is InChI=1S/C16H18N6O2/c1-10-4-6-14(19-18-10)22-15(9-11(2)20-22)17-16(23)7-5-13-8-12(3)21-24-13/h4,6,8-9H,5,7H2,1-3H3,(H,17,23). The molecule has 0 spiro atoms. The molecule has 0 aliphatic rings. The highest BCUT2D eigenvalue weighted by Gasteiger charge is 2.13. The van der Waals surface area contributed by atoms with E-state index in [4.69, 9.17) is 4.52 Å². The molecule has 3 heterocycles. The number of aromatic nitrogens is 5. The molecule has 1 N–H and O–H groups in total. The van der Waals surface area contributed by atoms with Crippen molar-refractivity contribution in [2.45, 2.75) is 33.6 Å². The zero-order valence-electron chi connectivity index (χ0n) is 13.8. The molecule has 8 heteroatoms. The van der Waals surface area contributed by atoms with Gasteiger partial charge in [0, 0.05) is 25.0 Å². The second-order valence-electron chi connectivity index (χ2n) is 5.60. The average molecular weight is 326 g/mol. The summed E-state index contributed by atoms with van der Waals surface area (Å²) >= 11 is 0. The first-order valence-electron chi connectivity index (χ1n) is 7.60. The topological polar surface area (TPSA) is 98.7 Å². The summed E-state index contributed by atoms with van der Waals surface area (Å²) in [5.41, 5.74) is 2.39. The van der Waals surface area contributed by atoms with E-state index >= 15 is 0 Å².